The first kappa shape index (κ1) is 14.1. The summed E-state index contributed by atoms with van der Waals surface area (Å²) in [5, 5.41) is 12.8. The van der Waals surface area contributed by atoms with Crippen LogP contribution in [0, 0.1) is 0 Å². The molecule has 1 heterocycles. The van der Waals surface area contributed by atoms with Crippen LogP contribution in [-0.2, 0) is 6.42 Å². The first-order chi connectivity index (χ1) is 9.69. The highest BCUT2D eigenvalue weighted by molar-refractivity contribution is 5.92. The molecule has 0 radical (unpaired) electrons. The Morgan fingerprint density at radius 2 is 2.25 bits per heavy atom. The number of nitrogens with two attached hydrogens (primary N) is 1. The molecule has 0 saturated carbocycles. The lowest BCUT2D eigenvalue weighted by molar-refractivity contribution is 0.158. The van der Waals surface area contributed by atoms with Crippen molar-refractivity contribution >= 4 is 11.6 Å². The summed E-state index contributed by atoms with van der Waals surface area (Å²) in [5.41, 5.74) is 7.90. The van der Waals surface area contributed by atoms with Crippen molar-refractivity contribution < 1.29 is 9.52 Å². The van der Waals surface area contributed by atoms with Crippen molar-refractivity contribution in [2.24, 2.45) is 10.7 Å². The van der Waals surface area contributed by atoms with E-state index in [1.165, 1.54) is 11.8 Å². The van der Waals surface area contributed by atoms with E-state index in [1.54, 1.807) is 12.1 Å². The topological polar surface area (TPSA) is 83.8 Å². The number of nitrogens with one attached hydrogen (secondary N) is 1. The highest BCUT2D eigenvalue weighted by Gasteiger charge is 2.09. The van der Waals surface area contributed by atoms with Crippen molar-refractivity contribution in [2.75, 3.05) is 11.9 Å². The number of furan rings is 1. The van der Waals surface area contributed by atoms with Gasteiger partial charge in [-0.2, -0.15) is 0 Å². The third-order valence-electron chi connectivity index (χ3n) is 2.91. The van der Waals surface area contributed by atoms with Gasteiger partial charge < -0.3 is 20.6 Å². The Balaban J connectivity index is 1.93. The van der Waals surface area contributed by atoms with E-state index in [2.05, 4.69) is 23.3 Å². The van der Waals surface area contributed by atoms with Crippen LogP contribution in [0.3, 0.4) is 0 Å². The highest BCUT2D eigenvalue weighted by atomic mass is 16.4. The zero-order valence-corrected chi connectivity index (χ0v) is 11.4. The van der Waals surface area contributed by atoms with Crippen LogP contribution in [0.25, 0.3) is 0 Å². The molecule has 20 heavy (non-hydrogen) atoms. The molecule has 5 heteroatoms. The molecule has 0 amide bonds. The Kier molecular flexibility index (Phi) is 4.79. The number of rotatable bonds is 5. The van der Waals surface area contributed by atoms with E-state index in [4.69, 9.17) is 10.2 Å². The van der Waals surface area contributed by atoms with Gasteiger partial charge in [-0.25, -0.2) is 4.99 Å². The van der Waals surface area contributed by atoms with Gasteiger partial charge in [-0.1, -0.05) is 19.1 Å². The molecule has 106 valence electrons. The number of aryl methyl sites for hydroxylation is 1. The summed E-state index contributed by atoms with van der Waals surface area (Å²) in [7, 11) is 0. The molecule has 4 N–H and O–H groups in total. The second-order valence-corrected chi connectivity index (χ2v) is 4.44. The third-order valence-corrected chi connectivity index (χ3v) is 2.91. The Hall–Kier alpha value is -2.27. The molecule has 1 aromatic heterocycles. The molecule has 0 spiro atoms. The van der Waals surface area contributed by atoms with E-state index in [0.29, 0.717) is 5.76 Å². The van der Waals surface area contributed by atoms with Crippen molar-refractivity contribution in [3.05, 3.63) is 54.0 Å². The predicted molar refractivity (Wildman–Crippen MR) is 79.6 cm³/mol. The summed E-state index contributed by atoms with van der Waals surface area (Å²) in [6.45, 7) is 2.25. The molecule has 0 bridgehead atoms. The highest BCUT2D eigenvalue weighted by Crippen LogP contribution is 2.13. The van der Waals surface area contributed by atoms with Crippen LogP contribution in [0.2, 0.25) is 0 Å². The van der Waals surface area contributed by atoms with Gasteiger partial charge in [0.15, 0.2) is 5.96 Å². The fraction of sp³-hybridized carbons (Fsp3) is 0.267. The molecule has 1 atom stereocenters. The quantitative estimate of drug-likeness (QED) is 0.576. The summed E-state index contributed by atoms with van der Waals surface area (Å²) in [5.74, 6) is 0.749. The van der Waals surface area contributed by atoms with E-state index in [1.807, 2.05) is 18.2 Å². The second-order valence-electron chi connectivity index (χ2n) is 4.44. The fourth-order valence-electron chi connectivity index (χ4n) is 1.81. The molecule has 0 fully saturated rings. The summed E-state index contributed by atoms with van der Waals surface area (Å²) < 4.78 is 5.10. The maximum absolute atomic E-state index is 9.82. The van der Waals surface area contributed by atoms with Gasteiger partial charge in [0.2, 0.25) is 0 Å². The molecule has 1 aromatic carbocycles. The summed E-state index contributed by atoms with van der Waals surface area (Å²) in [6, 6.07) is 11.4. The minimum atomic E-state index is -0.785. The number of hydrogen-bond donors (Lipinski definition) is 3. The van der Waals surface area contributed by atoms with Crippen molar-refractivity contribution in [3.8, 4) is 0 Å². The SMILES string of the molecule is CCc1cccc(NC(N)=NCC(O)c2ccco2)c1. The number of hydrogen-bond acceptors (Lipinski definition) is 3. The molecule has 0 saturated heterocycles. The number of aliphatic hydroxyl groups excluding tert-OH is 1. The normalized spacial score (nSPS) is 13.2. The third kappa shape index (κ3) is 3.86. The first-order valence-corrected chi connectivity index (χ1v) is 6.56. The number of anilines is 1. The first-order valence-electron chi connectivity index (χ1n) is 6.56. The lowest BCUT2D eigenvalue weighted by Gasteiger charge is -2.08. The molecule has 1 unspecified atom stereocenters. The number of guanidine groups is 1. The summed E-state index contributed by atoms with van der Waals surface area (Å²) >= 11 is 0. The molecule has 2 rings (SSSR count). The molecular weight excluding hydrogens is 254 g/mol. The van der Waals surface area contributed by atoms with Crippen LogP contribution >= 0.6 is 0 Å². The van der Waals surface area contributed by atoms with Crippen LogP contribution in [0.5, 0.6) is 0 Å². The molecule has 0 aliphatic heterocycles. The summed E-state index contributed by atoms with van der Waals surface area (Å²) in [4.78, 5) is 4.10. The molecule has 2 aromatic rings. The Bertz CT molecular complexity index is 564. The predicted octanol–water partition coefficient (Wildman–Crippen LogP) is 2.30. The number of benzene rings is 1. The van der Waals surface area contributed by atoms with E-state index in [9.17, 15) is 5.11 Å². The maximum atomic E-state index is 9.82. The Morgan fingerprint density at radius 1 is 1.40 bits per heavy atom. The van der Waals surface area contributed by atoms with Gasteiger partial charge in [-0.05, 0) is 36.2 Å². The average molecular weight is 273 g/mol. The van der Waals surface area contributed by atoms with Crippen LogP contribution in [0.1, 0.15) is 24.4 Å². The van der Waals surface area contributed by atoms with Gasteiger partial charge in [0.1, 0.15) is 11.9 Å². The van der Waals surface area contributed by atoms with Gasteiger partial charge >= 0.3 is 0 Å². The van der Waals surface area contributed by atoms with E-state index >= 15 is 0 Å². The average Bonchev–Trinajstić information content (AvgIpc) is 2.99. The molecule has 0 aliphatic rings. The minimum absolute atomic E-state index is 0.153. The van der Waals surface area contributed by atoms with E-state index < -0.39 is 6.10 Å². The van der Waals surface area contributed by atoms with Crippen LogP contribution in [-0.4, -0.2) is 17.6 Å². The minimum Gasteiger partial charge on any atom is -0.467 e. The van der Waals surface area contributed by atoms with Crippen LogP contribution in [0.15, 0.2) is 52.1 Å². The van der Waals surface area contributed by atoms with Crippen molar-refractivity contribution in [3.63, 3.8) is 0 Å². The van der Waals surface area contributed by atoms with Gasteiger partial charge in [0.05, 0.1) is 12.8 Å². The zero-order valence-electron chi connectivity index (χ0n) is 11.4. The lowest BCUT2D eigenvalue weighted by atomic mass is 10.1. The van der Waals surface area contributed by atoms with Gasteiger partial charge in [0.25, 0.3) is 0 Å². The van der Waals surface area contributed by atoms with E-state index in [-0.39, 0.29) is 12.5 Å². The molecule has 5 nitrogen and oxygen atoms in total. The number of aliphatic imine (C=N–C) groups is 1. The largest absolute Gasteiger partial charge is 0.467 e. The Labute approximate surface area is 118 Å². The lowest BCUT2D eigenvalue weighted by Crippen LogP contribution is -2.23. The second kappa shape index (κ2) is 6.77. The molecule has 0 aliphatic carbocycles. The smallest absolute Gasteiger partial charge is 0.193 e. The fourth-order valence-corrected chi connectivity index (χ4v) is 1.81. The maximum Gasteiger partial charge on any atom is 0.193 e. The standard InChI is InChI=1S/C15H19N3O2/c1-2-11-5-3-6-12(9-11)18-15(16)17-10-13(19)14-7-4-8-20-14/h3-9,13,19H,2,10H2,1H3,(H3,16,17,18). The molecular formula is C15H19N3O2. The van der Waals surface area contributed by atoms with E-state index in [0.717, 1.165) is 12.1 Å². The van der Waals surface area contributed by atoms with Gasteiger partial charge in [-0.15, -0.1) is 0 Å². The van der Waals surface area contributed by atoms with Gasteiger partial charge in [0, 0.05) is 5.69 Å². The Morgan fingerprint density at radius 3 is 2.95 bits per heavy atom. The van der Waals surface area contributed by atoms with Crippen LogP contribution in [0.4, 0.5) is 5.69 Å². The van der Waals surface area contributed by atoms with Crippen molar-refractivity contribution in [1.82, 2.24) is 0 Å². The van der Waals surface area contributed by atoms with Crippen molar-refractivity contribution in [1.29, 1.82) is 0 Å². The zero-order chi connectivity index (χ0) is 14.4. The number of nitrogens with zero attached hydrogens (tertiary/aromatic N) is 1. The number of aliphatic hydroxyl groups is 1. The summed E-state index contributed by atoms with van der Waals surface area (Å²) in [6.07, 6.45) is 1.69. The van der Waals surface area contributed by atoms with Crippen molar-refractivity contribution in [2.45, 2.75) is 19.4 Å². The van der Waals surface area contributed by atoms with Crippen LogP contribution < -0.4 is 11.1 Å². The monoisotopic (exact) mass is 273 g/mol. The van der Waals surface area contributed by atoms with Gasteiger partial charge in [-0.3, -0.25) is 0 Å².